The van der Waals surface area contributed by atoms with Gasteiger partial charge in [0, 0.05) is 22.3 Å². The molecule has 92 valence electrons. The van der Waals surface area contributed by atoms with Gasteiger partial charge in [0.25, 0.3) is 0 Å². The molecule has 1 aliphatic heterocycles. The molecule has 0 radical (unpaired) electrons. The van der Waals surface area contributed by atoms with Gasteiger partial charge in [0.15, 0.2) is 0 Å². The molecule has 4 nitrogen and oxygen atoms in total. The maximum atomic E-state index is 4.35. The summed E-state index contributed by atoms with van der Waals surface area (Å²) < 4.78 is 1.05. The molecule has 1 aliphatic rings. The Labute approximate surface area is 114 Å². The van der Waals surface area contributed by atoms with Crippen molar-refractivity contribution in [2.45, 2.75) is 13.0 Å². The van der Waals surface area contributed by atoms with Gasteiger partial charge in [0.2, 0.25) is 0 Å². The Balaban J connectivity index is 1.93. The summed E-state index contributed by atoms with van der Waals surface area (Å²) in [4.78, 5) is 8.67. The number of aromatic nitrogens is 2. The van der Waals surface area contributed by atoms with E-state index >= 15 is 0 Å². The van der Waals surface area contributed by atoms with E-state index in [1.165, 1.54) is 5.56 Å². The second-order valence-electron chi connectivity index (χ2n) is 4.21. The molecule has 18 heavy (non-hydrogen) atoms. The summed E-state index contributed by atoms with van der Waals surface area (Å²) in [5.41, 5.74) is 3.34. The molecule has 0 fully saturated rings. The van der Waals surface area contributed by atoms with E-state index < -0.39 is 0 Å². The summed E-state index contributed by atoms with van der Waals surface area (Å²) >= 11 is 3.47. The van der Waals surface area contributed by atoms with Crippen molar-refractivity contribution in [3.8, 4) is 0 Å². The van der Waals surface area contributed by atoms with E-state index in [9.17, 15) is 0 Å². The highest BCUT2D eigenvalue weighted by atomic mass is 79.9. The van der Waals surface area contributed by atoms with E-state index in [-0.39, 0.29) is 0 Å². The van der Waals surface area contributed by atoms with E-state index in [0.717, 1.165) is 41.2 Å². The van der Waals surface area contributed by atoms with Crippen LogP contribution in [0.1, 0.15) is 11.3 Å². The molecule has 2 aromatic rings. The van der Waals surface area contributed by atoms with E-state index in [4.69, 9.17) is 0 Å². The number of nitrogens with zero attached hydrogens (tertiary/aromatic N) is 2. The fourth-order valence-electron chi connectivity index (χ4n) is 2.09. The molecule has 0 bridgehead atoms. The number of hydrogen-bond acceptors (Lipinski definition) is 4. The fraction of sp³-hybridized carbons (Fsp3) is 0.231. The summed E-state index contributed by atoms with van der Waals surface area (Å²) in [5, 5.41) is 6.68. The van der Waals surface area contributed by atoms with Crippen molar-refractivity contribution in [1.82, 2.24) is 15.3 Å². The van der Waals surface area contributed by atoms with Gasteiger partial charge in [0.1, 0.15) is 12.1 Å². The molecule has 0 spiro atoms. The Kier molecular flexibility index (Phi) is 3.25. The zero-order valence-electron chi connectivity index (χ0n) is 9.78. The van der Waals surface area contributed by atoms with Crippen LogP contribution in [0.3, 0.4) is 0 Å². The molecule has 2 N–H and O–H groups in total. The Morgan fingerprint density at radius 3 is 3.11 bits per heavy atom. The van der Waals surface area contributed by atoms with E-state index in [2.05, 4.69) is 36.5 Å². The molecule has 1 aromatic heterocycles. The van der Waals surface area contributed by atoms with Gasteiger partial charge in [-0.15, -0.1) is 0 Å². The van der Waals surface area contributed by atoms with Crippen molar-refractivity contribution >= 4 is 27.4 Å². The highest BCUT2D eigenvalue weighted by molar-refractivity contribution is 9.10. The monoisotopic (exact) mass is 304 g/mol. The molecule has 5 heteroatoms. The van der Waals surface area contributed by atoms with E-state index in [0.29, 0.717) is 0 Å². The van der Waals surface area contributed by atoms with Crippen LogP contribution in [0.25, 0.3) is 0 Å². The molecule has 0 aliphatic carbocycles. The van der Waals surface area contributed by atoms with Gasteiger partial charge in [-0.05, 0) is 31.2 Å². The lowest BCUT2D eigenvalue weighted by Crippen LogP contribution is -2.25. The predicted molar refractivity (Wildman–Crippen MR) is 74.9 cm³/mol. The number of anilines is 2. The summed E-state index contributed by atoms with van der Waals surface area (Å²) in [7, 11) is 0. The summed E-state index contributed by atoms with van der Waals surface area (Å²) in [6, 6.07) is 8.07. The first-order chi connectivity index (χ1) is 8.83. The molecule has 0 atom stereocenters. The Bertz CT molecular complexity index is 571. The van der Waals surface area contributed by atoms with Gasteiger partial charge in [-0.1, -0.05) is 22.0 Å². The van der Waals surface area contributed by atoms with E-state index in [1.54, 1.807) is 6.33 Å². The number of halogens is 1. The number of rotatable bonds is 2. The number of fused-ring (bicyclic) bond motifs is 1. The van der Waals surface area contributed by atoms with Gasteiger partial charge in [-0.3, -0.25) is 0 Å². The lowest BCUT2D eigenvalue weighted by molar-refractivity contribution is 0.624. The minimum absolute atomic E-state index is 0.824. The summed E-state index contributed by atoms with van der Waals surface area (Å²) in [5.74, 6) is 0.916. The number of nitrogens with one attached hydrogen (secondary N) is 2. The Morgan fingerprint density at radius 1 is 1.28 bits per heavy atom. The third kappa shape index (κ3) is 2.37. The third-order valence-corrected chi connectivity index (χ3v) is 3.46. The zero-order valence-corrected chi connectivity index (χ0v) is 11.4. The smallest absolute Gasteiger partial charge is 0.137 e. The molecule has 1 aromatic carbocycles. The second-order valence-corrected chi connectivity index (χ2v) is 5.13. The van der Waals surface area contributed by atoms with Gasteiger partial charge < -0.3 is 10.6 Å². The van der Waals surface area contributed by atoms with Crippen LogP contribution in [0.4, 0.5) is 11.5 Å². The largest absolute Gasteiger partial charge is 0.340 e. The lowest BCUT2D eigenvalue weighted by Gasteiger charge is -2.19. The van der Waals surface area contributed by atoms with Crippen molar-refractivity contribution in [2.75, 3.05) is 11.9 Å². The SMILES string of the molecule is Brc1cccc(Nc2ncnc3c2CCNC3)c1. The Morgan fingerprint density at radius 2 is 2.22 bits per heavy atom. The van der Waals surface area contributed by atoms with Gasteiger partial charge in [0.05, 0.1) is 5.69 Å². The predicted octanol–water partition coefficient (Wildman–Crippen LogP) is 2.63. The summed E-state index contributed by atoms with van der Waals surface area (Å²) in [6.07, 6.45) is 2.58. The highest BCUT2D eigenvalue weighted by Crippen LogP contribution is 2.24. The average molecular weight is 305 g/mol. The topological polar surface area (TPSA) is 49.8 Å². The van der Waals surface area contributed by atoms with Crippen molar-refractivity contribution in [3.05, 3.63) is 46.3 Å². The first kappa shape index (κ1) is 11.6. The van der Waals surface area contributed by atoms with Crippen LogP contribution in [-0.4, -0.2) is 16.5 Å². The molecule has 0 saturated carbocycles. The first-order valence-electron chi connectivity index (χ1n) is 5.89. The molecule has 0 unspecified atom stereocenters. The maximum absolute atomic E-state index is 4.35. The quantitative estimate of drug-likeness (QED) is 0.895. The summed E-state index contributed by atoms with van der Waals surface area (Å²) in [6.45, 7) is 1.80. The third-order valence-electron chi connectivity index (χ3n) is 2.97. The van der Waals surface area contributed by atoms with Gasteiger partial charge >= 0.3 is 0 Å². The normalized spacial score (nSPS) is 14.1. The molecule has 2 heterocycles. The maximum Gasteiger partial charge on any atom is 0.137 e. The van der Waals surface area contributed by atoms with Crippen LogP contribution in [0.15, 0.2) is 35.1 Å². The van der Waals surface area contributed by atoms with Crippen LogP contribution in [0, 0.1) is 0 Å². The zero-order chi connectivity index (χ0) is 12.4. The molecule has 0 saturated heterocycles. The number of hydrogen-bond donors (Lipinski definition) is 2. The van der Waals surface area contributed by atoms with Crippen LogP contribution in [-0.2, 0) is 13.0 Å². The highest BCUT2D eigenvalue weighted by Gasteiger charge is 2.14. The number of benzene rings is 1. The van der Waals surface area contributed by atoms with Crippen LogP contribution >= 0.6 is 15.9 Å². The fourth-order valence-corrected chi connectivity index (χ4v) is 2.49. The minimum Gasteiger partial charge on any atom is -0.340 e. The van der Waals surface area contributed by atoms with Crippen molar-refractivity contribution in [1.29, 1.82) is 0 Å². The standard InChI is InChI=1S/C13H13BrN4/c14-9-2-1-3-10(6-9)18-13-11-4-5-15-7-12(11)16-8-17-13/h1-3,6,8,15H,4-5,7H2,(H,16,17,18). The van der Waals surface area contributed by atoms with Crippen molar-refractivity contribution < 1.29 is 0 Å². The minimum atomic E-state index is 0.824. The van der Waals surface area contributed by atoms with Crippen LogP contribution in [0.5, 0.6) is 0 Å². The lowest BCUT2D eigenvalue weighted by atomic mass is 10.1. The molecular formula is C13H13BrN4. The van der Waals surface area contributed by atoms with Crippen molar-refractivity contribution in [3.63, 3.8) is 0 Å². The molecule has 3 rings (SSSR count). The van der Waals surface area contributed by atoms with Crippen LogP contribution < -0.4 is 10.6 Å². The second kappa shape index (κ2) is 5.04. The Hall–Kier alpha value is -1.46. The first-order valence-corrected chi connectivity index (χ1v) is 6.68. The molecular weight excluding hydrogens is 292 g/mol. The van der Waals surface area contributed by atoms with Gasteiger partial charge in [-0.25, -0.2) is 9.97 Å². The van der Waals surface area contributed by atoms with Gasteiger partial charge in [-0.2, -0.15) is 0 Å². The van der Waals surface area contributed by atoms with Crippen LogP contribution in [0.2, 0.25) is 0 Å². The van der Waals surface area contributed by atoms with Crippen molar-refractivity contribution in [2.24, 2.45) is 0 Å². The van der Waals surface area contributed by atoms with E-state index in [1.807, 2.05) is 24.3 Å². The average Bonchev–Trinajstić information content (AvgIpc) is 2.39. The molecule has 0 amide bonds.